The topological polar surface area (TPSA) is 87.6 Å². The highest BCUT2D eigenvalue weighted by Crippen LogP contribution is 2.29. The maximum Gasteiger partial charge on any atom is 0.255 e. The van der Waals surface area contributed by atoms with Crippen molar-refractivity contribution in [2.45, 2.75) is 18.9 Å². The number of methoxy groups -OCH3 is 1. The largest absolute Gasteiger partial charge is 0.504 e. The Morgan fingerprint density at radius 3 is 2.62 bits per heavy atom. The van der Waals surface area contributed by atoms with Crippen LogP contribution in [0.1, 0.15) is 23.2 Å². The summed E-state index contributed by atoms with van der Waals surface area (Å²) in [5.74, 6) is 0.583. The minimum atomic E-state index is -0.291. The number of benzene rings is 1. The van der Waals surface area contributed by atoms with Crippen LogP contribution in [0.25, 0.3) is 0 Å². The maximum atomic E-state index is 12.4. The second kappa shape index (κ2) is 7.16. The number of nitrogens with zero attached hydrogens (tertiary/aromatic N) is 3. The summed E-state index contributed by atoms with van der Waals surface area (Å²) < 4.78 is 5.04. The molecule has 2 heterocycles. The van der Waals surface area contributed by atoms with Crippen LogP contribution in [0.3, 0.4) is 0 Å². The molecule has 0 spiro atoms. The zero-order valence-corrected chi connectivity index (χ0v) is 13.5. The molecule has 1 fully saturated rings. The van der Waals surface area contributed by atoms with Gasteiger partial charge in [-0.2, -0.15) is 0 Å². The molecule has 2 aromatic rings. The molecular formula is C17H20N4O3. The van der Waals surface area contributed by atoms with Crippen molar-refractivity contribution in [3.05, 3.63) is 42.2 Å². The quantitative estimate of drug-likeness (QED) is 0.886. The Balaban J connectivity index is 1.59. The Bertz CT molecular complexity index is 700. The van der Waals surface area contributed by atoms with Crippen molar-refractivity contribution in [2.24, 2.45) is 0 Å². The molecule has 1 aliphatic heterocycles. The van der Waals surface area contributed by atoms with Gasteiger partial charge in [0.2, 0.25) is 5.95 Å². The van der Waals surface area contributed by atoms with E-state index < -0.39 is 0 Å². The van der Waals surface area contributed by atoms with E-state index in [9.17, 15) is 9.90 Å². The summed E-state index contributed by atoms with van der Waals surface area (Å²) >= 11 is 0. The molecule has 24 heavy (non-hydrogen) atoms. The van der Waals surface area contributed by atoms with E-state index in [4.69, 9.17) is 4.74 Å². The molecule has 1 amide bonds. The molecule has 3 rings (SSSR count). The number of piperidine rings is 1. The molecule has 1 saturated heterocycles. The van der Waals surface area contributed by atoms with Gasteiger partial charge < -0.3 is 20.1 Å². The fourth-order valence-corrected chi connectivity index (χ4v) is 2.81. The van der Waals surface area contributed by atoms with Crippen LogP contribution in [-0.4, -0.2) is 47.2 Å². The van der Waals surface area contributed by atoms with Gasteiger partial charge in [0.25, 0.3) is 5.91 Å². The van der Waals surface area contributed by atoms with E-state index in [1.165, 1.54) is 7.11 Å². The predicted molar refractivity (Wildman–Crippen MR) is 89.4 cm³/mol. The summed E-state index contributed by atoms with van der Waals surface area (Å²) in [6.07, 6.45) is 5.05. The standard InChI is InChI=1S/C17H20N4O3/c1-24-14-5-2-4-13(15(14)22)16(23)20-12-6-10-21(11-7-12)17-18-8-3-9-19-17/h2-5,8-9,12,22H,6-7,10-11H2,1H3,(H,20,23). The van der Waals surface area contributed by atoms with E-state index in [1.807, 2.05) is 0 Å². The zero-order chi connectivity index (χ0) is 16.9. The first-order valence-corrected chi connectivity index (χ1v) is 7.88. The minimum Gasteiger partial charge on any atom is -0.504 e. The SMILES string of the molecule is COc1cccc(C(=O)NC2CCN(c3ncccn3)CC2)c1O. The predicted octanol–water partition coefficient (Wildman–Crippen LogP) is 1.59. The van der Waals surface area contributed by atoms with Gasteiger partial charge in [-0.1, -0.05) is 6.07 Å². The molecule has 126 valence electrons. The first-order valence-electron chi connectivity index (χ1n) is 7.88. The van der Waals surface area contributed by atoms with Gasteiger partial charge in [0.15, 0.2) is 11.5 Å². The van der Waals surface area contributed by atoms with Crippen LogP contribution in [0, 0.1) is 0 Å². The van der Waals surface area contributed by atoms with Gasteiger partial charge in [-0.3, -0.25) is 4.79 Å². The van der Waals surface area contributed by atoms with Gasteiger partial charge in [-0.05, 0) is 31.0 Å². The Morgan fingerprint density at radius 1 is 1.25 bits per heavy atom. The molecule has 0 aliphatic carbocycles. The van der Waals surface area contributed by atoms with Crippen molar-refractivity contribution in [3.63, 3.8) is 0 Å². The first kappa shape index (κ1) is 16.0. The summed E-state index contributed by atoms with van der Waals surface area (Å²) in [6.45, 7) is 1.55. The Hall–Kier alpha value is -2.83. The van der Waals surface area contributed by atoms with Crippen LogP contribution in [0.15, 0.2) is 36.7 Å². The second-order valence-electron chi connectivity index (χ2n) is 5.64. The number of nitrogens with one attached hydrogen (secondary N) is 1. The summed E-state index contributed by atoms with van der Waals surface area (Å²) in [6, 6.07) is 6.73. The lowest BCUT2D eigenvalue weighted by Gasteiger charge is -2.32. The molecule has 1 aromatic heterocycles. The Morgan fingerprint density at radius 2 is 1.96 bits per heavy atom. The monoisotopic (exact) mass is 328 g/mol. The number of para-hydroxylation sites is 1. The second-order valence-corrected chi connectivity index (χ2v) is 5.64. The molecule has 1 aromatic carbocycles. The number of rotatable bonds is 4. The van der Waals surface area contributed by atoms with Gasteiger partial charge >= 0.3 is 0 Å². The third-order valence-corrected chi connectivity index (χ3v) is 4.13. The highest BCUT2D eigenvalue weighted by Gasteiger charge is 2.24. The average Bonchev–Trinajstić information content (AvgIpc) is 2.63. The summed E-state index contributed by atoms with van der Waals surface area (Å²) in [5, 5.41) is 13.0. The number of amides is 1. The normalized spacial score (nSPS) is 15.1. The number of ether oxygens (including phenoxy) is 1. The van der Waals surface area contributed by atoms with E-state index in [0.29, 0.717) is 11.7 Å². The third-order valence-electron chi connectivity index (χ3n) is 4.13. The Kier molecular flexibility index (Phi) is 4.79. The lowest BCUT2D eigenvalue weighted by molar-refractivity contribution is 0.0927. The molecule has 0 unspecified atom stereocenters. The third kappa shape index (κ3) is 3.40. The van der Waals surface area contributed by atoms with Gasteiger partial charge in [0.1, 0.15) is 0 Å². The maximum absolute atomic E-state index is 12.4. The summed E-state index contributed by atoms with van der Waals surface area (Å²) in [5.41, 5.74) is 0.225. The van der Waals surface area contributed by atoms with Crippen LogP contribution in [-0.2, 0) is 0 Å². The molecule has 2 N–H and O–H groups in total. The number of hydrogen-bond donors (Lipinski definition) is 2. The number of phenolic OH excluding ortho intramolecular Hbond substituents is 1. The summed E-state index contributed by atoms with van der Waals surface area (Å²) in [7, 11) is 1.46. The fraction of sp³-hybridized carbons (Fsp3) is 0.353. The average molecular weight is 328 g/mol. The van der Waals surface area contributed by atoms with E-state index in [-0.39, 0.29) is 23.3 Å². The van der Waals surface area contributed by atoms with Crippen LogP contribution < -0.4 is 15.0 Å². The number of carbonyl (C=O) groups excluding carboxylic acids is 1. The van der Waals surface area contributed by atoms with Gasteiger partial charge in [0.05, 0.1) is 12.7 Å². The van der Waals surface area contributed by atoms with Crippen molar-refractivity contribution in [1.82, 2.24) is 15.3 Å². The minimum absolute atomic E-state index is 0.0584. The van der Waals surface area contributed by atoms with Crippen molar-refractivity contribution in [2.75, 3.05) is 25.1 Å². The zero-order valence-electron chi connectivity index (χ0n) is 13.5. The number of carbonyl (C=O) groups is 1. The molecule has 0 bridgehead atoms. The lowest BCUT2D eigenvalue weighted by atomic mass is 10.0. The number of phenols is 1. The molecule has 0 saturated carbocycles. The van der Waals surface area contributed by atoms with Crippen LogP contribution in [0.2, 0.25) is 0 Å². The molecular weight excluding hydrogens is 308 g/mol. The van der Waals surface area contributed by atoms with E-state index in [0.717, 1.165) is 25.9 Å². The van der Waals surface area contributed by atoms with E-state index in [2.05, 4.69) is 20.2 Å². The lowest BCUT2D eigenvalue weighted by Crippen LogP contribution is -2.45. The van der Waals surface area contributed by atoms with Crippen molar-refractivity contribution in [1.29, 1.82) is 0 Å². The number of anilines is 1. The van der Waals surface area contributed by atoms with Crippen LogP contribution >= 0.6 is 0 Å². The molecule has 0 atom stereocenters. The number of aromatic nitrogens is 2. The Labute approximate surface area is 140 Å². The van der Waals surface area contributed by atoms with E-state index in [1.54, 1.807) is 36.7 Å². The van der Waals surface area contributed by atoms with Gasteiger partial charge in [0, 0.05) is 31.5 Å². The first-order chi connectivity index (χ1) is 11.7. The highest BCUT2D eigenvalue weighted by atomic mass is 16.5. The van der Waals surface area contributed by atoms with Crippen molar-refractivity contribution in [3.8, 4) is 11.5 Å². The van der Waals surface area contributed by atoms with Gasteiger partial charge in [-0.15, -0.1) is 0 Å². The molecule has 0 radical (unpaired) electrons. The molecule has 1 aliphatic rings. The van der Waals surface area contributed by atoms with Crippen molar-refractivity contribution < 1.29 is 14.6 Å². The number of aromatic hydroxyl groups is 1. The fourth-order valence-electron chi connectivity index (χ4n) is 2.81. The summed E-state index contributed by atoms with van der Waals surface area (Å²) in [4.78, 5) is 23.0. The van der Waals surface area contributed by atoms with Crippen LogP contribution in [0.4, 0.5) is 5.95 Å². The molecule has 7 heteroatoms. The smallest absolute Gasteiger partial charge is 0.255 e. The van der Waals surface area contributed by atoms with Crippen LogP contribution in [0.5, 0.6) is 11.5 Å². The van der Waals surface area contributed by atoms with Gasteiger partial charge in [-0.25, -0.2) is 9.97 Å². The number of hydrogen-bond acceptors (Lipinski definition) is 6. The van der Waals surface area contributed by atoms with Crippen molar-refractivity contribution >= 4 is 11.9 Å². The highest BCUT2D eigenvalue weighted by molar-refractivity contribution is 5.97. The molecule has 7 nitrogen and oxygen atoms in total. The van der Waals surface area contributed by atoms with E-state index >= 15 is 0 Å².